The van der Waals surface area contributed by atoms with Crippen molar-refractivity contribution >= 4 is 5.69 Å². The van der Waals surface area contributed by atoms with E-state index in [0.717, 1.165) is 12.2 Å². The molecule has 2 heterocycles. The standard InChI is InChI=1S/C12H18N4/c1-10(2)16-9-12(7-14-16)13-6-11-4-5-15(3)8-11/h4-5,7-10,13H,6H2,1-3H3. The number of anilines is 1. The molecular weight excluding hydrogens is 200 g/mol. The highest BCUT2D eigenvalue weighted by atomic mass is 15.3. The van der Waals surface area contributed by atoms with Crippen LogP contribution in [0, 0.1) is 0 Å². The molecule has 0 aliphatic carbocycles. The van der Waals surface area contributed by atoms with E-state index in [1.54, 1.807) is 0 Å². The molecule has 0 fully saturated rings. The highest BCUT2D eigenvalue weighted by molar-refractivity contribution is 5.39. The fraction of sp³-hybridized carbons (Fsp3) is 0.417. The zero-order chi connectivity index (χ0) is 11.5. The van der Waals surface area contributed by atoms with Crippen molar-refractivity contribution < 1.29 is 0 Å². The first kappa shape index (κ1) is 10.8. The molecule has 0 aromatic carbocycles. The van der Waals surface area contributed by atoms with Crippen molar-refractivity contribution in [3.63, 3.8) is 0 Å². The summed E-state index contributed by atoms with van der Waals surface area (Å²) in [5.74, 6) is 0. The van der Waals surface area contributed by atoms with E-state index in [1.807, 2.05) is 24.1 Å². The lowest BCUT2D eigenvalue weighted by molar-refractivity contribution is 0.532. The quantitative estimate of drug-likeness (QED) is 0.855. The molecule has 0 atom stereocenters. The van der Waals surface area contributed by atoms with Gasteiger partial charge in [-0.25, -0.2) is 0 Å². The lowest BCUT2D eigenvalue weighted by Crippen LogP contribution is -2.00. The Labute approximate surface area is 95.9 Å². The SMILES string of the molecule is CC(C)n1cc(NCc2ccn(C)c2)cn1. The lowest BCUT2D eigenvalue weighted by atomic mass is 10.3. The maximum absolute atomic E-state index is 4.28. The third kappa shape index (κ3) is 2.45. The van der Waals surface area contributed by atoms with Gasteiger partial charge in [0.1, 0.15) is 0 Å². The van der Waals surface area contributed by atoms with Crippen LogP contribution in [0.4, 0.5) is 5.69 Å². The molecular formula is C12H18N4. The summed E-state index contributed by atoms with van der Waals surface area (Å²) in [5.41, 5.74) is 2.34. The Bertz CT molecular complexity index is 453. The summed E-state index contributed by atoms with van der Waals surface area (Å²) in [6.45, 7) is 5.08. The Morgan fingerprint density at radius 2 is 2.19 bits per heavy atom. The van der Waals surface area contributed by atoms with Crippen LogP contribution >= 0.6 is 0 Å². The minimum absolute atomic E-state index is 0.410. The van der Waals surface area contributed by atoms with Gasteiger partial charge in [-0.2, -0.15) is 5.10 Å². The van der Waals surface area contributed by atoms with Gasteiger partial charge in [0, 0.05) is 38.2 Å². The fourth-order valence-corrected chi connectivity index (χ4v) is 1.58. The molecule has 0 spiro atoms. The number of aryl methyl sites for hydroxylation is 1. The first-order valence-corrected chi connectivity index (χ1v) is 5.54. The van der Waals surface area contributed by atoms with Crippen molar-refractivity contribution in [3.05, 3.63) is 36.4 Å². The van der Waals surface area contributed by atoms with Crippen molar-refractivity contribution in [3.8, 4) is 0 Å². The summed E-state index contributed by atoms with van der Waals surface area (Å²) in [4.78, 5) is 0. The highest BCUT2D eigenvalue weighted by Gasteiger charge is 2.01. The molecule has 0 bridgehead atoms. The molecule has 0 aliphatic heterocycles. The molecule has 4 heteroatoms. The number of aromatic nitrogens is 3. The molecule has 0 saturated carbocycles. The van der Waals surface area contributed by atoms with Crippen molar-refractivity contribution in [1.82, 2.24) is 14.3 Å². The van der Waals surface area contributed by atoms with Gasteiger partial charge < -0.3 is 9.88 Å². The predicted molar refractivity (Wildman–Crippen MR) is 65.4 cm³/mol. The van der Waals surface area contributed by atoms with Crippen LogP contribution in [0.1, 0.15) is 25.5 Å². The molecule has 0 unspecified atom stereocenters. The van der Waals surface area contributed by atoms with Gasteiger partial charge in [0.2, 0.25) is 0 Å². The maximum Gasteiger partial charge on any atom is 0.0729 e. The monoisotopic (exact) mass is 218 g/mol. The van der Waals surface area contributed by atoms with Crippen LogP contribution in [0.2, 0.25) is 0 Å². The molecule has 0 radical (unpaired) electrons. The van der Waals surface area contributed by atoms with Gasteiger partial charge in [0.15, 0.2) is 0 Å². The minimum atomic E-state index is 0.410. The second-order valence-corrected chi connectivity index (χ2v) is 4.34. The second-order valence-electron chi connectivity index (χ2n) is 4.34. The van der Waals surface area contributed by atoms with Crippen LogP contribution in [0.5, 0.6) is 0 Å². The summed E-state index contributed by atoms with van der Waals surface area (Å²) in [7, 11) is 2.03. The Kier molecular flexibility index (Phi) is 2.99. The van der Waals surface area contributed by atoms with E-state index < -0.39 is 0 Å². The Hall–Kier alpha value is -1.71. The predicted octanol–water partition coefficient (Wildman–Crippen LogP) is 2.41. The van der Waals surface area contributed by atoms with Crippen LogP contribution in [-0.2, 0) is 13.6 Å². The minimum Gasteiger partial charge on any atom is -0.378 e. The molecule has 4 nitrogen and oxygen atoms in total. The molecule has 16 heavy (non-hydrogen) atoms. The third-order valence-corrected chi connectivity index (χ3v) is 2.52. The van der Waals surface area contributed by atoms with Gasteiger partial charge >= 0.3 is 0 Å². The van der Waals surface area contributed by atoms with E-state index in [0.29, 0.717) is 6.04 Å². The smallest absolute Gasteiger partial charge is 0.0729 e. The molecule has 2 aromatic rings. The van der Waals surface area contributed by atoms with Crippen LogP contribution < -0.4 is 5.32 Å². The van der Waals surface area contributed by atoms with Crippen molar-refractivity contribution in [1.29, 1.82) is 0 Å². The Morgan fingerprint density at radius 1 is 1.38 bits per heavy atom. The van der Waals surface area contributed by atoms with Crippen LogP contribution in [0.25, 0.3) is 0 Å². The average Bonchev–Trinajstić information content (AvgIpc) is 2.83. The van der Waals surface area contributed by atoms with E-state index in [9.17, 15) is 0 Å². The normalized spacial score (nSPS) is 11.0. The summed E-state index contributed by atoms with van der Waals surface area (Å²) in [6, 6.07) is 2.52. The zero-order valence-electron chi connectivity index (χ0n) is 10.0. The van der Waals surface area contributed by atoms with Crippen molar-refractivity contribution in [2.24, 2.45) is 7.05 Å². The lowest BCUT2D eigenvalue weighted by Gasteiger charge is -2.04. The number of nitrogens with zero attached hydrogens (tertiary/aromatic N) is 3. The number of nitrogens with one attached hydrogen (secondary N) is 1. The van der Waals surface area contributed by atoms with E-state index in [2.05, 4.69) is 47.3 Å². The summed E-state index contributed by atoms with van der Waals surface area (Å²) >= 11 is 0. The average molecular weight is 218 g/mol. The summed E-state index contributed by atoms with van der Waals surface area (Å²) in [5, 5.41) is 7.64. The molecule has 1 N–H and O–H groups in total. The Balaban J connectivity index is 1.94. The van der Waals surface area contributed by atoms with Crippen molar-refractivity contribution in [2.45, 2.75) is 26.4 Å². The fourth-order valence-electron chi connectivity index (χ4n) is 1.58. The van der Waals surface area contributed by atoms with Gasteiger partial charge in [-0.1, -0.05) is 0 Å². The maximum atomic E-state index is 4.28. The second kappa shape index (κ2) is 4.43. The molecule has 86 valence electrons. The van der Waals surface area contributed by atoms with Crippen molar-refractivity contribution in [2.75, 3.05) is 5.32 Å². The van der Waals surface area contributed by atoms with Gasteiger partial charge in [-0.15, -0.1) is 0 Å². The van der Waals surface area contributed by atoms with E-state index >= 15 is 0 Å². The van der Waals surface area contributed by atoms with Gasteiger partial charge in [-0.3, -0.25) is 4.68 Å². The van der Waals surface area contributed by atoms with Crippen LogP contribution in [-0.4, -0.2) is 14.3 Å². The van der Waals surface area contributed by atoms with Gasteiger partial charge in [-0.05, 0) is 25.5 Å². The molecule has 2 aromatic heterocycles. The first-order valence-electron chi connectivity index (χ1n) is 5.54. The van der Waals surface area contributed by atoms with Gasteiger partial charge in [0.05, 0.1) is 11.9 Å². The molecule has 0 amide bonds. The first-order chi connectivity index (χ1) is 7.65. The topological polar surface area (TPSA) is 34.8 Å². The third-order valence-electron chi connectivity index (χ3n) is 2.52. The largest absolute Gasteiger partial charge is 0.378 e. The van der Waals surface area contributed by atoms with Crippen LogP contribution in [0.15, 0.2) is 30.9 Å². The summed E-state index contributed by atoms with van der Waals surface area (Å²) in [6.07, 6.45) is 8.06. The number of rotatable bonds is 4. The Morgan fingerprint density at radius 3 is 2.75 bits per heavy atom. The van der Waals surface area contributed by atoms with Gasteiger partial charge in [0.25, 0.3) is 0 Å². The van der Waals surface area contributed by atoms with E-state index in [1.165, 1.54) is 5.56 Å². The number of hydrogen-bond acceptors (Lipinski definition) is 2. The molecule has 2 rings (SSSR count). The van der Waals surface area contributed by atoms with E-state index in [-0.39, 0.29) is 0 Å². The molecule has 0 aliphatic rings. The highest BCUT2D eigenvalue weighted by Crippen LogP contribution is 2.11. The summed E-state index contributed by atoms with van der Waals surface area (Å²) < 4.78 is 4.00. The van der Waals surface area contributed by atoms with Crippen LogP contribution in [0.3, 0.4) is 0 Å². The zero-order valence-corrected chi connectivity index (χ0v) is 10.0. The van der Waals surface area contributed by atoms with E-state index in [4.69, 9.17) is 0 Å². The number of hydrogen-bond donors (Lipinski definition) is 1. The molecule has 0 saturated heterocycles.